The average Bonchev–Trinajstić information content (AvgIpc) is 3.57. The SMILES string of the molecule is Cc1ccc(CN2C(=O)CC3(c4ccc(CO)cc4)C2=NC=Nc2c3ncn2[C@H]2C[C@@H](O)[C@@H](CO)O2)cc1. The average molecular weight is 516 g/mol. The predicted molar refractivity (Wildman–Crippen MR) is 139 cm³/mol. The third kappa shape index (κ3) is 3.88. The lowest BCUT2D eigenvalue weighted by atomic mass is 9.75. The van der Waals surface area contributed by atoms with Crippen LogP contribution in [0.4, 0.5) is 5.82 Å². The van der Waals surface area contributed by atoms with Crippen molar-refractivity contribution in [1.82, 2.24) is 14.5 Å². The molecule has 3 aromatic rings. The fourth-order valence-electron chi connectivity index (χ4n) is 5.60. The molecule has 0 aliphatic carbocycles. The molecule has 38 heavy (non-hydrogen) atoms. The van der Waals surface area contributed by atoms with E-state index in [1.807, 2.05) is 55.5 Å². The lowest BCUT2D eigenvalue weighted by Gasteiger charge is -2.29. The topological polar surface area (TPSA) is 133 Å². The van der Waals surface area contributed by atoms with Gasteiger partial charge < -0.3 is 20.1 Å². The molecule has 0 radical (unpaired) electrons. The number of aliphatic imine (C=N–C) groups is 2. The molecular formula is C28H29N5O5. The summed E-state index contributed by atoms with van der Waals surface area (Å²) in [7, 11) is 0. The first-order chi connectivity index (χ1) is 18.4. The van der Waals surface area contributed by atoms with Crippen molar-refractivity contribution in [3.8, 4) is 0 Å². The van der Waals surface area contributed by atoms with E-state index in [4.69, 9.17) is 14.7 Å². The maximum absolute atomic E-state index is 13.7. The summed E-state index contributed by atoms with van der Waals surface area (Å²) in [5.74, 6) is 0.934. The number of carbonyl (C=O) groups is 1. The third-order valence-electron chi connectivity index (χ3n) is 7.67. The molecule has 4 heterocycles. The van der Waals surface area contributed by atoms with Crippen LogP contribution in [0.25, 0.3) is 0 Å². The van der Waals surface area contributed by atoms with Crippen molar-refractivity contribution in [1.29, 1.82) is 0 Å². The fraction of sp³-hybridized carbons (Fsp3) is 0.357. The Morgan fingerprint density at radius 1 is 1.08 bits per heavy atom. The van der Waals surface area contributed by atoms with Gasteiger partial charge in [-0.15, -0.1) is 0 Å². The Morgan fingerprint density at radius 3 is 2.50 bits per heavy atom. The normalized spacial score (nSPS) is 26.3. The molecule has 1 amide bonds. The van der Waals surface area contributed by atoms with Gasteiger partial charge in [0.2, 0.25) is 5.91 Å². The van der Waals surface area contributed by atoms with Gasteiger partial charge in [-0.2, -0.15) is 0 Å². The molecule has 0 bridgehead atoms. The molecule has 10 heteroatoms. The Hall–Kier alpha value is -3.70. The van der Waals surface area contributed by atoms with E-state index in [9.17, 15) is 20.1 Å². The zero-order valence-corrected chi connectivity index (χ0v) is 20.9. The lowest BCUT2D eigenvalue weighted by molar-refractivity contribution is -0.126. The van der Waals surface area contributed by atoms with Gasteiger partial charge in [0.15, 0.2) is 5.82 Å². The Kier molecular flexibility index (Phi) is 6.19. The van der Waals surface area contributed by atoms with Crippen LogP contribution in [0.15, 0.2) is 64.8 Å². The molecule has 3 aliphatic heterocycles. The van der Waals surface area contributed by atoms with Gasteiger partial charge in [0.1, 0.15) is 35.6 Å². The van der Waals surface area contributed by atoms with Gasteiger partial charge in [0, 0.05) is 12.8 Å². The fourth-order valence-corrected chi connectivity index (χ4v) is 5.60. The summed E-state index contributed by atoms with van der Waals surface area (Å²) in [5, 5.41) is 29.5. The zero-order valence-electron chi connectivity index (χ0n) is 20.9. The van der Waals surface area contributed by atoms with Gasteiger partial charge in [-0.3, -0.25) is 14.3 Å². The van der Waals surface area contributed by atoms with Crippen molar-refractivity contribution in [3.05, 3.63) is 82.8 Å². The highest BCUT2D eigenvalue weighted by Gasteiger charge is 2.55. The van der Waals surface area contributed by atoms with Crippen LogP contribution in [0.5, 0.6) is 0 Å². The van der Waals surface area contributed by atoms with E-state index in [-0.39, 0.29) is 32.0 Å². The number of hydrogen-bond acceptors (Lipinski definition) is 8. The van der Waals surface area contributed by atoms with E-state index in [0.717, 1.165) is 22.3 Å². The third-order valence-corrected chi connectivity index (χ3v) is 7.67. The van der Waals surface area contributed by atoms with Gasteiger partial charge in [-0.1, -0.05) is 54.1 Å². The molecule has 1 unspecified atom stereocenters. The smallest absolute Gasteiger partial charge is 0.230 e. The second-order valence-corrected chi connectivity index (χ2v) is 10.0. The minimum atomic E-state index is -1.01. The Balaban J connectivity index is 1.47. The number of nitrogens with zero attached hydrogens (tertiary/aromatic N) is 5. The number of aromatic nitrogens is 2. The molecular weight excluding hydrogens is 486 g/mol. The van der Waals surface area contributed by atoms with Gasteiger partial charge in [0.25, 0.3) is 0 Å². The molecule has 10 nitrogen and oxygen atoms in total. The van der Waals surface area contributed by atoms with E-state index in [0.29, 0.717) is 23.9 Å². The second kappa shape index (κ2) is 9.55. The molecule has 0 spiro atoms. The van der Waals surface area contributed by atoms with Crippen LogP contribution >= 0.6 is 0 Å². The lowest BCUT2D eigenvalue weighted by Crippen LogP contribution is -2.39. The highest BCUT2D eigenvalue weighted by Crippen LogP contribution is 2.48. The molecule has 3 aliphatic rings. The first-order valence-corrected chi connectivity index (χ1v) is 12.6. The van der Waals surface area contributed by atoms with Crippen molar-refractivity contribution in [2.45, 2.75) is 56.8 Å². The molecule has 1 aromatic heterocycles. The summed E-state index contributed by atoms with van der Waals surface area (Å²) in [4.78, 5) is 29.5. The summed E-state index contributed by atoms with van der Waals surface area (Å²) >= 11 is 0. The van der Waals surface area contributed by atoms with Crippen LogP contribution in [0, 0.1) is 6.92 Å². The molecule has 6 rings (SSSR count). The van der Waals surface area contributed by atoms with Crippen molar-refractivity contribution >= 4 is 23.9 Å². The number of amidine groups is 1. The monoisotopic (exact) mass is 515 g/mol. The molecule has 2 aromatic carbocycles. The minimum absolute atomic E-state index is 0.0840. The summed E-state index contributed by atoms with van der Waals surface area (Å²) in [6.07, 6.45) is 1.34. The van der Waals surface area contributed by atoms with Crippen LogP contribution in [0.3, 0.4) is 0 Å². The number of imidazole rings is 1. The first kappa shape index (κ1) is 24.6. The molecule has 2 saturated heterocycles. The Morgan fingerprint density at radius 2 is 1.82 bits per heavy atom. The number of fused-ring (bicyclic) bond motifs is 3. The Labute approximate surface area is 219 Å². The number of aliphatic hydroxyl groups is 3. The van der Waals surface area contributed by atoms with Crippen LogP contribution in [0.1, 0.15) is 47.0 Å². The van der Waals surface area contributed by atoms with E-state index in [1.54, 1.807) is 15.8 Å². The van der Waals surface area contributed by atoms with Crippen molar-refractivity contribution in [2.75, 3.05) is 6.61 Å². The van der Waals surface area contributed by atoms with E-state index in [1.165, 1.54) is 6.34 Å². The summed E-state index contributed by atoms with van der Waals surface area (Å²) in [6, 6.07) is 15.5. The number of hydrogen-bond donors (Lipinski definition) is 3. The predicted octanol–water partition coefficient (Wildman–Crippen LogP) is 2.12. The van der Waals surface area contributed by atoms with Gasteiger partial charge in [-0.05, 0) is 23.6 Å². The molecule has 196 valence electrons. The maximum atomic E-state index is 13.7. The van der Waals surface area contributed by atoms with Crippen molar-refractivity contribution in [2.24, 2.45) is 9.98 Å². The minimum Gasteiger partial charge on any atom is -0.394 e. The van der Waals surface area contributed by atoms with Gasteiger partial charge >= 0.3 is 0 Å². The van der Waals surface area contributed by atoms with E-state index in [2.05, 4.69) is 4.99 Å². The number of carbonyl (C=O) groups excluding carboxylic acids is 1. The maximum Gasteiger partial charge on any atom is 0.230 e. The van der Waals surface area contributed by atoms with Crippen LogP contribution in [-0.2, 0) is 28.1 Å². The highest BCUT2D eigenvalue weighted by molar-refractivity contribution is 6.16. The van der Waals surface area contributed by atoms with Crippen molar-refractivity contribution < 1.29 is 24.9 Å². The summed E-state index contributed by atoms with van der Waals surface area (Å²) in [5.41, 5.74) is 3.23. The second-order valence-electron chi connectivity index (χ2n) is 10.0. The Bertz CT molecular complexity index is 1410. The van der Waals surface area contributed by atoms with Crippen LogP contribution in [-0.4, -0.2) is 66.7 Å². The quantitative estimate of drug-likeness (QED) is 0.461. The van der Waals surface area contributed by atoms with Crippen LogP contribution in [0.2, 0.25) is 0 Å². The zero-order chi connectivity index (χ0) is 26.4. The largest absolute Gasteiger partial charge is 0.394 e. The summed E-state index contributed by atoms with van der Waals surface area (Å²) < 4.78 is 7.63. The first-order valence-electron chi connectivity index (χ1n) is 12.6. The van der Waals surface area contributed by atoms with E-state index >= 15 is 0 Å². The molecule has 4 atom stereocenters. The number of rotatable bonds is 6. The molecule has 2 fully saturated rings. The van der Waals surface area contributed by atoms with Gasteiger partial charge in [-0.25, -0.2) is 15.0 Å². The standard InChI is InChI=1S/C28H29N5O5/c1-17-2-4-18(5-3-17)12-32-23(37)11-28(20-8-6-19(13-34)7-9-20)25-26(29-15-30-27(28)32)33(16-31-25)24-10-21(36)22(14-35)38-24/h2-9,15-16,21-22,24,34-36H,10-14H2,1H3/t21-,22-,24-,28?/m1/s1. The summed E-state index contributed by atoms with van der Waals surface area (Å²) in [6.45, 7) is 1.98. The number of aryl methyl sites for hydroxylation is 1. The van der Waals surface area contributed by atoms with Crippen LogP contribution < -0.4 is 0 Å². The van der Waals surface area contributed by atoms with Gasteiger partial charge in [0.05, 0.1) is 32.2 Å². The number of likely N-dealkylation sites (tertiary alicyclic amines) is 1. The number of ether oxygens (including phenoxy) is 1. The number of aliphatic hydroxyl groups excluding tert-OH is 3. The van der Waals surface area contributed by atoms with E-state index < -0.39 is 23.9 Å². The molecule has 0 saturated carbocycles. The number of amides is 1. The number of benzene rings is 2. The highest BCUT2D eigenvalue weighted by atomic mass is 16.5. The van der Waals surface area contributed by atoms with Crippen molar-refractivity contribution in [3.63, 3.8) is 0 Å². The molecule has 3 N–H and O–H groups in total.